The maximum Gasteiger partial charge on any atom is 0.422 e. The predicted octanol–water partition coefficient (Wildman–Crippen LogP) is 5.13. The van der Waals surface area contributed by atoms with Gasteiger partial charge >= 0.3 is 12.3 Å². The molecule has 1 aromatic rings. The Morgan fingerprint density at radius 2 is 1.79 bits per heavy atom. The number of ether oxygens (including phenoxy) is 1. The van der Waals surface area contributed by atoms with E-state index in [0.29, 0.717) is 10.3 Å². The Balaban J connectivity index is 1.58. The van der Waals surface area contributed by atoms with E-state index in [0.717, 1.165) is 30.6 Å². The number of rotatable bonds is 3. The third kappa shape index (κ3) is 4.30. The summed E-state index contributed by atoms with van der Waals surface area (Å²) in [4.78, 5) is 14.6. The molecule has 0 aliphatic carbocycles. The lowest BCUT2D eigenvalue weighted by atomic mass is 10.0. The van der Waals surface area contributed by atoms with Crippen LogP contribution in [0, 0.1) is 0 Å². The van der Waals surface area contributed by atoms with Crippen LogP contribution in [0.4, 0.5) is 18.0 Å². The van der Waals surface area contributed by atoms with Crippen LogP contribution in [0.5, 0.6) is 0 Å². The number of nitrogens with zero attached hydrogens (tertiary/aromatic N) is 1. The van der Waals surface area contributed by atoms with Gasteiger partial charge < -0.3 is 9.64 Å². The van der Waals surface area contributed by atoms with Crippen LogP contribution < -0.4 is 0 Å². The number of alkyl halides is 3. The van der Waals surface area contributed by atoms with Crippen LogP contribution in [0.3, 0.4) is 0 Å². The molecule has 3 rings (SSSR count). The molecule has 2 saturated heterocycles. The molecule has 2 atom stereocenters. The first-order chi connectivity index (χ1) is 11.3. The van der Waals surface area contributed by atoms with E-state index in [9.17, 15) is 18.0 Å². The van der Waals surface area contributed by atoms with Crippen molar-refractivity contribution < 1.29 is 22.7 Å². The van der Waals surface area contributed by atoms with E-state index in [1.807, 2.05) is 24.3 Å². The van der Waals surface area contributed by atoms with Crippen molar-refractivity contribution in [1.82, 2.24) is 4.90 Å². The molecule has 2 aliphatic rings. The Bertz CT molecular complexity index is 582. The van der Waals surface area contributed by atoms with Gasteiger partial charge in [0, 0.05) is 27.3 Å². The van der Waals surface area contributed by atoms with Crippen LogP contribution in [-0.4, -0.2) is 41.1 Å². The standard InChI is InChI=1S/C16H17ClF3NO2S/c17-10-1-5-13(6-2-10)24-14-7-11-3-4-12(8-14)21(11)15(22)23-9-16(18,19)20/h1-2,5-6,11-12,14H,3-4,7-9H2. The zero-order valence-electron chi connectivity index (χ0n) is 12.8. The average molecular weight is 380 g/mol. The van der Waals surface area contributed by atoms with Crippen molar-refractivity contribution in [2.24, 2.45) is 0 Å². The molecule has 24 heavy (non-hydrogen) atoms. The van der Waals surface area contributed by atoms with Crippen molar-refractivity contribution >= 4 is 29.5 Å². The first kappa shape index (κ1) is 17.7. The van der Waals surface area contributed by atoms with Gasteiger partial charge in [-0.25, -0.2) is 4.79 Å². The van der Waals surface area contributed by atoms with E-state index in [-0.39, 0.29) is 12.1 Å². The summed E-state index contributed by atoms with van der Waals surface area (Å²) in [6.45, 7) is -1.52. The molecule has 0 spiro atoms. The van der Waals surface area contributed by atoms with E-state index >= 15 is 0 Å². The highest BCUT2D eigenvalue weighted by Gasteiger charge is 2.45. The smallest absolute Gasteiger partial charge is 0.422 e. The van der Waals surface area contributed by atoms with Crippen LogP contribution in [-0.2, 0) is 4.74 Å². The topological polar surface area (TPSA) is 29.5 Å². The summed E-state index contributed by atoms with van der Waals surface area (Å²) in [5, 5.41) is 1.02. The molecule has 1 amide bonds. The minimum Gasteiger partial charge on any atom is -0.440 e. The first-order valence-corrected chi connectivity index (χ1v) is 9.01. The van der Waals surface area contributed by atoms with Gasteiger partial charge in [-0.1, -0.05) is 11.6 Å². The van der Waals surface area contributed by atoms with Gasteiger partial charge in [0.1, 0.15) is 0 Å². The fourth-order valence-electron chi connectivity index (χ4n) is 3.45. The van der Waals surface area contributed by atoms with E-state index in [1.165, 1.54) is 4.90 Å². The summed E-state index contributed by atoms with van der Waals surface area (Å²) >= 11 is 7.61. The molecular formula is C16H17ClF3NO2S. The summed E-state index contributed by atoms with van der Waals surface area (Å²) in [6, 6.07) is 7.52. The molecule has 1 aromatic carbocycles. The van der Waals surface area contributed by atoms with Crippen molar-refractivity contribution in [3.63, 3.8) is 0 Å². The number of amides is 1. The normalized spacial score (nSPS) is 26.5. The van der Waals surface area contributed by atoms with Gasteiger partial charge in [0.15, 0.2) is 6.61 Å². The van der Waals surface area contributed by atoms with Crippen LogP contribution >= 0.6 is 23.4 Å². The maximum absolute atomic E-state index is 12.2. The summed E-state index contributed by atoms with van der Waals surface area (Å²) in [5.41, 5.74) is 0. The van der Waals surface area contributed by atoms with Crippen molar-refractivity contribution in [1.29, 1.82) is 0 Å². The Morgan fingerprint density at radius 3 is 2.33 bits per heavy atom. The van der Waals surface area contributed by atoms with Gasteiger partial charge in [-0.05, 0) is 49.9 Å². The lowest BCUT2D eigenvalue weighted by Gasteiger charge is -2.37. The number of piperidine rings is 1. The number of halogens is 4. The minimum absolute atomic E-state index is 0.0331. The van der Waals surface area contributed by atoms with Crippen LogP contribution in [0.25, 0.3) is 0 Å². The van der Waals surface area contributed by atoms with E-state index in [1.54, 1.807) is 11.8 Å². The quantitative estimate of drug-likeness (QED) is 0.729. The lowest BCUT2D eigenvalue weighted by Crippen LogP contribution is -2.48. The number of hydrogen-bond acceptors (Lipinski definition) is 3. The third-order valence-corrected chi connectivity index (χ3v) is 5.89. The van der Waals surface area contributed by atoms with Crippen LogP contribution in [0.15, 0.2) is 29.2 Å². The average Bonchev–Trinajstić information content (AvgIpc) is 2.78. The van der Waals surface area contributed by atoms with Crippen LogP contribution in [0.2, 0.25) is 5.02 Å². The Hall–Kier alpha value is -1.08. The minimum atomic E-state index is -4.49. The number of benzene rings is 1. The number of thioether (sulfide) groups is 1. The highest BCUT2D eigenvalue weighted by molar-refractivity contribution is 8.00. The Morgan fingerprint density at radius 1 is 1.21 bits per heavy atom. The molecule has 8 heteroatoms. The molecule has 0 saturated carbocycles. The Labute approximate surface area is 147 Å². The number of carbonyl (C=O) groups is 1. The summed E-state index contributed by atoms with van der Waals surface area (Å²) in [6.07, 6.45) is -2.14. The Kier molecular flexibility index (Phi) is 5.20. The molecule has 2 fully saturated rings. The highest BCUT2D eigenvalue weighted by atomic mass is 35.5. The highest BCUT2D eigenvalue weighted by Crippen LogP contribution is 2.42. The molecule has 3 nitrogen and oxygen atoms in total. The molecular weight excluding hydrogens is 363 g/mol. The van der Waals surface area contributed by atoms with Crippen molar-refractivity contribution in [2.75, 3.05) is 6.61 Å². The summed E-state index contributed by atoms with van der Waals surface area (Å²) in [5.74, 6) is 0. The molecule has 0 aromatic heterocycles. The molecule has 2 unspecified atom stereocenters. The van der Waals surface area contributed by atoms with Gasteiger partial charge in [-0.2, -0.15) is 13.2 Å². The zero-order valence-corrected chi connectivity index (χ0v) is 14.3. The summed E-state index contributed by atoms with van der Waals surface area (Å²) < 4.78 is 41.1. The van der Waals surface area contributed by atoms with Gasteiger partial charge in [0.2, 0.25) is 0 Å². The van der Waals surface area contributed by atoms with E-state index < -0.39 is 18.9 Å². The van der Waals surface area contributed by atoms with Crippen molar-refractivity contribution in [2.45, 2.75) is 54.1 Å². The third-order valence-electron chi connectivity index (χ3n) is 4.38. The number of hydrogen-bond donors (Lipinski definition) is 0. The van der Waals surface area contributed by atoms with Crippen molar-refractivity contribution in [3.05, 3.63) is 29.3 Å². The van der Waals surface area contributed by atoms with Crippen LogP contribution in [0.1, 0.15) is 25.7 Å². The number of fused-ring (bicyclic) bond motifs is 2. The molecule has 0 N–H and O–H groups in total. The van der Waals surface area contributed by atoms with Gasteiger partial charge in [-0.3, -0.25) is 0 Å². The largest absolute Gasteiger partial charge is 0.440 e. The second-order valence-corrected chi connectivity index (χ2v) is 7.94. The van der Waals surface area contributed by atoms with Crippen molar-refractivity contribution in [3.8, 4) is 0 Å². The fourth-order valence-corrected chi connectivity index (χ4v) is 4.89. The molecule has 2 aliphatic heterocycles. The van der Waals surface area contributed by atoms with Gasteiger partial charge in [0.25, 0.3) is 0 Å². The van der Waals surface area contributed by atoms with Gasteiger partial charge in [0.05, 0.1) is 0 Å². The van der Waals surface area contributed by atoms with E-state index in [4.69, 9.17) is 11.6 Å². The lowest BCUT2D eigenvalue weighted by molar-refractivity contribution is -0.163. The van der Waals surface area contributed by atoms with E-state index in [2.05, 4.69) is 4.74 Å². The number of carbonyl (C=O) groups excluding carboxylic acids is 1. The fraction of sp³-hybridized carbons (Fsp3) is 0.562. The van der Waals surface area contributed by atoms with Gasteiger partial charge in [-0.15, -0.1) is 11.8 Å². The molecule has 0 radical (unpaired) electrons. The summed E-state index contributed by atoms with van der Waals surface area (Å²) in [7, 11) is 0. The maximum atomic E-state index is 12.2. The first-order valence-electron chi connectivity index (χ1n) is 7.76. The molecule has 132 valence electrons. The molecule has 2 bridgehead atoms. The SMILES string of the molecule is O=C(OCC(F)(F)F)N1C2CCC1CC(Sc1ccc(Cl)cc1)C2. The molecule has 2 heterocycles. The predicted molar refractivity (Wildman–Crippen MR) is 86.4 cm³/mol. The second kappa shape index (κ2) is 7.04. The second-order valence-electron chi connectivity index (χ2n) is 6.13. The zero-order chi connectivity index (χ0) is 17.3. The monoisotopic (exact) mass is 379 g/mol.